The van der Waals surface area contributed by atoms with Crippen LogP contribution in [-0.4, -0.2) is 32.6 Å². The highest BCUT2D eigenvalue weighted by Gasteiger charge is 2.44. The highest BCUT2D eigenvalue weighted by atomic mass is 32.1. The van der Waals surface area contributed by atoms with Crippen molar-refractivity contribution < 1.29 is 14.4 Å². The molecule has 1 saturated heterocycles. The van der Waals surface area contributed by atoms with E-state index < -0.39 is 17.8 Å². The standard InChI is InChI=1S/C16H15N3O3S/c1-2-13-17-12(10-23-13)9-19-15(21)14(20)18(16(19)22)8-11-6-4-3-5-7-11/h3-7,10H,2,8-9H2,1H3. The zero-order chi connectivity index (χ0) is 16.4. The molecule has 1 aromatic heterocycles. The summed E-state index contributed by atoms with van der Waals surface area (Å²) >= 11 is 1.48. The lowest BCUT2D eigenvalue weighted by Crippen LogP contribution is -2.32. The Bertz CT molecular complexity index is 757. The molecule has 0 aliphatic carbocycles. The second-order valence-corrected chi connectivity index (χ2v) is 6.08. The molecule has 6 nitrogen and oxygen atoms in total. The van der Waals surface area contributed by atoms with Crippen molar-refractivity contribution in [1.29, 1.82) is 0 Å². The minimum absolute atomic E-state index is 0.0329. The molecule has 7 heteroatoms. The van der Waals surface area contributed by atoms with Gasteiger partial charge >= 0.3 is 17.8 Å². The molecule has 1 fully saturated rings. The molecule has 2 aromatic rings. The molecule has 0 spiro atoms. The molecule has 0 bridgehead atoms. The van der Waals surface area contributed by atoms with Crippen LogP contribution in [0.4, 0.5) is 4.79 Å². The van der Waals surface area contributed by atoms with E-state index in [9.17, 15) is 14.4 Å². The van der Waals surface area contributed by atoms with Gasteiger partial charge in [-0.25, -0.2) is 14.7 Å². The van der Waals surface area contributed by atoms with E-state index in [0.717, 1.165) is 26.8 Å². The number of hydrogen-bond donors (Lipinski definition) is 0. The summed E-state index contributed by atoms with van der Waals surface area (Å²) in [7, 11) is 0. The van der Waals surface area contributed by atoms with Gasteiger partial charge in [-0.05, 0) is 12.0 Å². The average Bonchev–Trinajstić information content (AvgIpc) is 3.11. The number of rotatable bonds is 5. The van der Waals surface area contributed by atoms with Crippen LogP contribution < -0.4 is 0 Å². The summed E-state index contributed by atoms with van der Waals surface area (Å²) in [5.74, 6) is -1.58. The minimum atomic E-state index is -0.794. The molecule has 0 N–H and O–H groups in total. The van der Waals surface area contributed by atoms with E-state index in [-0.39, 0.29) is 13.1 Å². The quantitative estimate of drug-likeness (QED) is 0.623. The number of nitrogens with zero attached hydrogens (tertiary/aromatic N) is 3. The summed E-state index contributed by atoms with van der Waals surface area (Å²) in [6.45, 7) is 2.11. The first-order chi connectivity index (χ1) is 11.1. The third-order valence-corrected chi connectivity index (χ3v) is 4.58. The third kappa shape index (κ3) is 3.00. The monoisotopic (exact) mass is 329 g/mol. The highest BCUT2D eigenvalue weighted by Crippen LogP contribution is 2.19. The van der Waals surface area contributed by atoms with E-state index in [2.05, 4.69) is 4.98 Å². The third-order valence-electron chi connectivity index (χ3n) is 3.54. The van der Waals surface area contributed by atoms with Crippen LogP contribution in [0.3, 0.4) is 0 Å². The molecule has 0 unspecified atom stereocenters. The fourth-order valence-electron chi connectivity index (χ4n) is 2.34. The van der Waals surface area contributed by atoms with Crippen LogP contribution in [-0.2, 0) is 29.1 Å². The van der Waals surface area contributed by atoms with Crippen molar-refractivity contribution in [2.24, 2.45) is 0 Å². The Labute approximate surface area is 137 Å². The smallest absolute Gasteiger partial charge is 0.263 e. The summed E-state index contributed by atoms with van der Waals surface area (Å²) in [6, 6.07) is 8.52. The second kappa shape index (κ2) is 6.29. The maximum absolute atomic E-state index is 12.4. The number of carbonyl (C=O) groups is 3. The van der Waals surface area contributed by atoms with Crippen molar-refractivity contribution in [3.8, 4) is 0 Å². The first-order valence-corrected chi connectivity index (χ1v) is 8.12. The average molecular weight is 329 g/mol. The molecule has 0 radical (unpaired) electrons. The molecule has 2 heterocycles. The number of thiazole rings is 1. The number of benzene rings is 1. The van der Waals surface area contributed by atoms with Crippen molar-refractivity contribution >= 4 is 29.2 Å². The fourth-order valence-corrected chi connectivity index (χ4v) is 3.08. The van der Waals surface area contributed by atoms with E-state index in [1.54, 1.807) is 0 Å². The predicted molar refractivity (Wildman–Crippen MR) is 84.4 cm³/mol. The van der Waals surface area contributed by atoms with Crippen LogP contribution in [0.25, 0.3) is 0 Å². The molecule has 4 amide bonds. The Kier molecular flexibility index (Phi) is 4.20. The molecule has 1 aromatic carbocycles. The van der Waals surface area contributed by atoms with Crippen LogP contribution in [0.15, 0.2) is 35.7 Å². The van der Waals surface area contributed by atoms with Crippen LogP contribution in [0, 0.1) is 0 Å². The van der Waals surface area contributed by atoms with Gasteiger partial charge in [-0.15, -0.1) is 11.3 Å². The van der Waals surface area contributed by atoms with E-state index in [1.807, 2.05) is 42.6 Å². The van der Waals surface area contributed by atoms with Gasteiger partial charge in [0.25, 0.3) is 0 Å². The van der Waals surface area contributed by atoms with Gasteiger partial charge in [0.2, 0.25) is 0 Å². The summed E-state index contributed by atoms with van der Waals surface area (Å²) in [5, 5.41) is 2.75. The number of amides is 4. The number of aromatic nitrogens is 1. The SMILES string of the molecule is CCc1nc(CN2C(=O)C(=O)N(Cc3ccccc3)C2=O)cs1. The van der Waals surface area contributed by atoms with Crippen LogP contribution in [0.1, 0.15) is 23.2 Å². The Morgan fingerprint density at radius 1 is 1.00 bits per heavy atom. The lowest BCUT2D eigenvalue weighted by molar-refractivity contribution is -0.143. The normalized spacial score (nSPS) is 14.9. The van der Waals surface area contributed by atoms with Crippen molar-refractivity contribution in [1.82, 2.24) is 14.8 Å². The van der Waals surface area contributed by atoms with Gasteiger partial charge in [-0.1, -0.05) is 37.3 Å². The zero-order valence-corrected chi connectivity index (χ0v) is 13.4. The number of hydrogen-bond acceptors (Lipinski definition) is 5. The van der Waals surface area contributed by atoms with Gasteiger partial charge in [0.1, 0.15) is 0 Å². The molecule has 23 heavy (non-hydrogen) atoms. The summed E-state index contributed by atoms with van der Waals surface area (Å²) in [6.07, 6.45) is 0.797. The van der Waals surface area contributed by atoms with Crippen LogP contribution in [0.5, 0.6) is 0 Å². The van der Waals surface area contributed by atoms with Gasteiger partial charge in [0, 0.05) is 5.38 Å². The topological polar surface area (TPSA) is 70.6 Å². The number of aryl methyl sites for hydroxylation is 1. The molecule has 0 saturated carbocycles. The molecule has 1 aliphatic rings. The van der Waals surface area contributed by atoms with Crippen molar-refractivity contribution in [3.05, 3.63) is 52.0 Å². The maximum Gasteiger partial charge on any atom is 0.334 e. The second-order valence-electron chi connectivity index (χ2n) is 5.14. The van der Waals surface area contributed by atoms with Crippen molar-refractivity contribution in [2.45, 2.75) is 26.4 Å². The van der Waals surface area contributed by atoms with E-state index in [4.69, 9.17) is 0 Å². The summed E-state index contributed by atoms with van der Waals surface area (Å²) in [4.78, 5) is 42.8. The molecular weight excluding hydrogens is 314 g/mol. The van der Waals surface area contributed by atoms with E-state index in [1.165, 1.54) is 11.3 Å². The Hall–Kier alpha value is -2.54. The summed E-state index contributed by atoms with van der Waals surface area (Å²) < 4.78 is 0. The van der Waals surface area contributed by atoms with Gasteiger partial charge in [0.15, 0.2) is 0 Å². The molecule has 118 valence electrons. The summed E-state index contributed by atoms with van der Waals surface area (Å²) in [5.41, 5.74) is 1.42. The first-order valence-electron chi connectivity index (χ1n) is 7.24. The molecule has 1 aliphatic heterocycles. The van der Waals surface area contributed by atoms with Gasteiger partial charge in [-0.3, -0.25) is 14.5 Å². The van der Waals surface area contributed by atoms with Gasteiger partial charge in [0.05, 0.1) is 23.8 Å². The molecular formula is C16H15N3O3S. The minimum Gasteiger partial charge on any atom is -0.263 e. The molecule has 3 rings (SSSR count). The van der Waals surface area contributed by atoms with Crippen LogP contribution >= 0.6 is 11.3 Å². The fraction of sp³-hybridized carbons (Fsp3) is 0.250. The number of carbonyl (C=O) groups excluding carboxylic acids is 3. The van der Waals surface area contributed by atoms with E-state index in [0.29, 0.717) is 5.69 Å². The van der Waals surface area contributed by atoms with E-state index >= 15 is 0 Å². The Balaban J connectivity index is 1.76. The predicted octanol–water partition coefficient (Wildman–Crippen LogP) is 2.20. The van der Waals surface area contributed by atoms with Crippen molar-refractivity contribution in [3.63, 3.8) is 0 Å². The number of imide groups is 2. The number of urea groups is 1. The molecule has 0 atom stereocenters. The van der Waals surface area contributed by atoms with Gasteiger partial charge < -0.3 is 0 Å². The highest BCUT2D eigenvalue weighted by molar-refractivity contribution is 7.09. The Morgan fingerprint density at radius 3 is 2.26 bits per heavy atom. The largest absolute Gasteiger partial charge is 0.334 e. The van der Waals surface area contributed by atoms with Gasteiger partial charge in [-0.2, -0.15) is 0 Å². The van der Waals surface area contributed by atoms with Crippen molar-refractivity contribution in [2.75, 3.05) is 0 Å². The lowest BCUT2D eigenvalue weighted by atomic mass is 10.2. The lowest BCUT2D eigenvalue weighted by Gasteiger charge is -2.14. The zero-order valence-electron chi connectivity index (χ0n) is 12.6. The first kappa shape index (κ1) is 15.4. The maximum atomic E-state index is 12.4. The van der Waals surface area contributed by atoms with Crippen LogP contribution in [0.2, 0.25) is 0 Å². The Morgan fingerprint density at radius 2 is 1.65 bits per heavy atom.